The van der Waals surface area contributed by atoms with E-state index < -0.39 is 12.0 Å². The summed E-state index contributed by atoms with van der Waals surface area (Å²) in [6.07, 6.45) is -4.65. The maximum atomic E-state index is 13.2. The number of aryl methyl sites for hydroxylation is 2. The molecule has 0 spiro atoms. The highest BCUT2D eigenvalue weighted by Crippen LogP contribution is 2.32. The minimum absolute atomic E-state index is 0.118. The molecule has 0 bridgehead atoms. The van der Waals surface area contributed by atoms with Crippen molar-refractivity contribution >= 4 is 16.7 Å². The Kier molecular flexibility index (Phi) is 4.47. The van der Waals surface area contributed by atoms with E-state index in [1.807, 2.05) is 20.9 Å². The zero-order valence-electron chi connectivity index (χ0n) is 14.8. The van der Waals surface area contributed by atoms with Crippen molar-refractivity contribution in [3.05, 3.63) is 41.0 Å². The zero-order chi connectivity index (χ0) is 19.1. The van der Waals surface area contributed by atoms with Crippen molar-refractivity contribution in [1.82, 2.24) is 19.7 Å². The van der Waals surface area contributed by atoms with Crippen LogP contribution in [0.2, 0.25) is 0 Å². The van der Waals surface area contributed by atoms with Crippen molar-refractivity contribution in [3.63, 3.8) is 0 Å². The summed E-state index contributed by atoms with van der Waals surface area (Å²) in [4.78, 5) is 7.33. The molecule has 3 rings (SSSR count). The number of nitrogens with zero attached hydrogens (tertiary/aromatic N) is 4. The number of fused-ring (bicyclic) bond motifs is 1. The van der Waals surface area contributed by atoms with Gasteiger partial charge in [-0.2, -0.15) is 18.3 Å². The lowest BCUT2D eigenvalue weighted by Crippen LogP contribution is -2.14. The molecule has 6 nitrogen and oxygen atoms in total. The molecule has 0 atom stereocenters. The van der Waals surface area contributed by atoms with Crippen molar-refractivity contribution in [2.45, 2.75) is 26.6 Å². The van der Waals surface area contributed by atoms with Gasteiger partial charge in [0, 0.05) is 36.3 Å². The molecule has 0 radical (unpaired) electrons. The number of ether oxygens (including phenoxy) is 1. The first-order valence-electron chi connectivity index (χ1n) is 7.86. The van der Waals surface area contributed by atoms with Gasteiger partial charge in [-0.3, -0.25) is 4.68 Å². The van der Waals surface area contributed by atoms with Crippen LogP contribution in [0, 0.1) is 13.8 Å². The molecule has 3 aromatic rings. The van der Waals surface area contributed by atoms with E-state index in [0.717, 1.165) is 17.0 Å². The molecular formula is C17H18F3N5O. The molecule has 26 heavy (non-hydrogen) atoms. The van der Waals surface area contributed by atoms with Crippen LogP contribution in [0.1, 0.15) is 22.8 Å². The second kappa shape index (κ2) is 6.47. The molecule has 0 aliphatic heterocycles. The predicted molar refractivity (Wildman–Crippen MR) is 91.1 cm³/mol. The van der Waals surface area contributed by atoms with E-state index in [4.69, 9.17) is 4.74 Å². The van der Waals surface area contributed by atoms with E-state index in [0.29, 0.717) is 17.7 Å². The van der Waals surface area contributed by atoms with Crippen LogP contribution >= 0.6 is 0 Å². The summed E-state index contributed by atoms with van der Waals surface area (Å²) in [5, 5.41) is 7.80. The van der Waals surface area contributed by atoms with Crippen LogP contribution in [0.3, 0.4) is 0 Å². The Morgan fingerprint density at radius 1 is 1.19 bits per heavy atom. The molecule has 0 aliphatic carbocycles. The van der Waals surface area contributed by atoms with Gasteiger partial charge in [0.25, 0.3) is 0 Å². The number of halogens is 3. The Bertz CT molecular complexity index is 965. The Morgan fingerprint density at radius 3 is 2.50 bits per heavy atom. The summed E-state index contributed by atoms with van der Waals surface area (Å²) in [5.74, 6) is -0.651. The van der Waals surface area contributed by atoms with Gasteiger partial charge in [-0.1, -0.05) is 0 Å². The lowest BCUT2D eigenvalue weighted by atomic mass is 10.2. The minimum atomic E-state index is -4.65. The summed E-state index contributed by atoms with van der Waals surface area (Å²) in [5.41, 5.74) is 2.83. The van der Waals surface area contributed by atoms with Crippen LogP contribution in [0.4, 0.5) is 19.0 Å². The van der Waals surface area contributed by atoms with Crippen LogP contribution < -0.4 is 10.1 Å². The molecule has 0 saturated carbocycles. The normalized spacial score (nSPS) is 11.8. The molecule has 0 amide bonds. The van der Waals surface area contributed by atoms with E-state index in [1.165, 1.54) is 13.2 Å². The first kappa shape index (κ1) is 18.0. The third kappa shape index (κ3) is 3.29. The highest BCUT2D eigenvalue weighted by atomic mass is 19.4. The fourth-order valence-corrected chi connectivity index (χ4v) is 2.74. The summed E-state index contributed by atoms with van der Waals surface area (Å²) in [6.45, 7) is 4.07. The number of aromatic nitrogens is 4. The van der Waals surface area contributed by atoms with Crippen molar-refractivity contribution in [2.24, 2.45) is 7.05 Å². The van der Waals surface area contributed by atoms with Crippen LogP contribution in [0.15, 0.2) is 18.2 Å². The molecule has 2 aromatic heterocycles. The van der Waals surface area contributed by atoms with Gasteiger partial charge in [-0.25, -0.2) is 9.97 Å². The summed E-state index contributed by atoms with van der Waals surface area (Å²) in [7, 11) is 3.26. The second-order valence-corrected chi connectivity index (χ2v) is 5.90. The maximum Gasteiger partial charge on any atom is 0.451 e. The van der Waals surface area contributed by atoms with E-state index in [-0.39, 0.29) is 11.3 Å². The zero-order valence-corrected chi connectivity index (χ0v) is 14.8. The van der Waals surface area contributed by atoms with E-state index >= 15 is 0 Å². The van der Waals surface area contributed by atoms with E-state index in [1.54, 1.807) is 16.8 Å². The molecule has 138 valence electrons. The Hall–Kier alpha value is -2.84. The molecule has 0 aliphatic rings. The summed E-state index contributed by atoms with van der Waals surface area (Å²) in [6, 6.07) is 4.75. The fourth-order valence-electron chi connectivity index (χ4n) is 2.74. The van der Waals surface area contributed by atoms with Crippen molar-refractivity contribution in [2.75, 3.05) is 12.4 Å². The predicted octanol–water partition coefficient (Wildman–Crippen LogP) is 3.62. The Labute approximate surface area is 148 Å². The van der Waals surface area contributed by atoms with Crippen LogP contribution in [-0.2, 0) is 19.8 Å². The quantitative estimate of drug-likeness (QED) is 0.765. The smallest absolute Gasteiger partial charge is 0.451 e. The first-order chi connectivity index (χ1) is 12.2. The number of nitrogens with one attached hydrogen (secondary N) is 1. The number of rotatable bonds is 4. The van der Waals surface area contributed by atoms with Gasteiger partial charge >= 0.3 is 6.18 Å². The number of benzene rings is 1. The first-order valence-corrected chi connectivity index (χ1v) is 7.86. The maximum absolute atomic E-state index is 13.2. The third-order valence-corrected chi connectivity index (χ3v) is 4.25. The van der Waals surface area contributed by atoms with Crippen molar-refractivity contribution in [3.8, 4) is 5.75 Å². The van der Waals surface area contributed by atoms with Crippen LogP contribution in [0.5, 0.6) is 5.75 Å². The highest BCUT2D eigenvalue weighted by Gasteiger charge is 2.35. The van der Waals surface area contributed by atoms with E-state index in [9.17, 15) is 13.2 Å². The van der Waals surface area contributed by atoms with Gasteiger partial charge in [0.05, 0.1) is 18.3 Å². The minimum Gasteiger partial charge on any atom is -0.497 e. The molecular weight excluding hydrogens is 347 g/mol. The van der Waals surface area contributed by atoms with Gasteiger partial charge in [-0.15, -0.1) is 0 Å². The largest absolute Gasteiger partial charge is 0.497 e. The molecule has 1 N–H and O–H groups in total. The standard InChI is InChI=1S/C17H18F3N5O/c1-9-13(10(2)25(3)24-9)8-21-15-12-6-5-11(26-4)7-14(12)22-16(23-15)17(18,19)20/h5-7H,8H2,1-4H3,(H,21,22,23). The number of anilines is 1. The summed E-state index contributed by atoms with van der Waals surface area (Å²) < 4.78 is 46.3. The molecule has 9 heteroatoms. The number of alkyl halides is 3. The monoisotopic (exact) mass is 365 g/mol. The van der Waals surface area contributed by atoms with Crippen LogP contribution in [0.25, 0.3) is 10.9 Å². The number of hydrogen-bond acceptors (Lipinski definition) is 5. The Balaban J connectivity index is 2.05. The molecule has 0 fully saturated rings. The van der Waals surface area contributed by atoms with Gasteiger partial charge in [0.1, 0.15) is 11.6 Å². The SMILES string of the molecule is COc1ccc2c(NCc3c(C)nn(C)c3C)nc(C(F)(F)F)nc2c1. The average Bonchev–Trinajstić information content (AvgIpc) is 2.83. The molecule has 2 heterocycles. The van der Waals surface area contributed by atoms with Crippen molar-refractivity contribution in [1.29, 1.82) is 0 Å². The molecule has 0 saturated heterocycles. The lowest BCUT2D eigenvalue weighted by molar-refractivity contribution is -0.144. The van der Waals surface area contributed by atoms with Gasteiger partial charge < -0.3 is 10.1 Å². The lowest BCUT2D eigenvalue weighted by Gasteiger charge is -2.13. The van der Waals surface area contributed by atoms with Gasteiger partial charge in [0.15, 0.2) is 0 Å². The summed E-state index contributed by atoms with van der Waals surface area (Å²) >= 11 is 0. The number of methoxy groups -OCH3 is 1. The van der Waals surface area contributed by atoms with Gasteiger partial charge in [0.2, 0.25) is 5.82 Å². The highest BCUT2D eigenvalue weighted by molar-refractivity contribution is 5.90. The second-order valence-electron chi connectivity index (χ2n) is 5.90. The van der Waals surface area contributed by atoms with Crippen molar-refractivity contribution < 1.29 is 17.9 Å². The molecule has 0 unspecified atom stereocenters. The van der Waals surface area contributed by atoms with Crippen LogP contribution in [-0.4, -0.2) is 26.9 Å². The average molecular weight is 365 g/mol. The molecule has 1 aromatic carbocycles. The Morgan fingerprint density at radius 2 is 1.92 bits per heavy atom. The topological polar surface area (TPSA) is 64.9 Å². The third-order valence-electron chi connectivity index (χ3n) is 4.25. The number of hydrogen-bond donors (Lipinski definition) is 1. The fraction of sp³-hybridized carbons (Fsp3) is 0.353. The van der Waals surface area contributed by atoms with E-state index in [2.05, 4.69) is 20.4 Å². The van der Waals surface area contributed by atoms with Gasteiger partial charge in [-0.05, 0) is 26.0 Å².